The second-order valence-corrected chi connectivity index (χ2v) is 3.19. The van der Waals surface area contributed by atoms with Crippen molar-refractivity contribution >= 4 is 0 Å². The van der Waals surface area contributed by atoms with Gasteiger partial charge in [0.25, 0.3) is 0 Å². The quantitative estimate of drug-likeness (QED) is 0.706. The molecule has 4 heteroatoms. The van der Waals surface area contributed by atoms with Crippen molar-refractivity contribution in [3.8, 4) is 0 Å². The maximum Gasteiger partial charge on any atom is 0.163 e. The van der Waals surface area contributed by atoms with E-state index in [1.165, 1.54) is 0 Å². The Morgan fingerprint density at radius 3 is 2.46 bits per heavy atom. The van der Waals surface area contributed by atoms with E-state index in [0.29, 0.717) is 0 Å². The van der Waals surface area contributed by atoms with Crippen molar-refractivity contribution in [2.24, 2.45) is 0 Å². The average Bonchev–Trinajstić information content (AvgIpc) is 2.05. The third-order valence-corrected chi connectivity index (χ3v) is 2.22. The summed E-state index contributed by atoms with van der Waals surface area (Å²) in [5.74, 6) is -1.30. The van der Waals surface area contributed by atoms with Gasteiger partial charge in [0, 0.05) is 18.7 Å². The second kappa shape index (κ2) is 2.73. The number of alkyl halides is 1. The first kappa shape index (κ1) is 8.56. The summed E-state index contributed by atoms with van der Waals surface area (Å²) in [4.78, 5) is 0. The normalized spacial score (nSPS) is 19.6. The van der Waals surface area contributed by atoms with Crippen LogP contribution in [0, 0.1) is 11.6 Å². The summed E-state index contributed by atoms with van der Waals surface area (Å²) in [6.07, 6.45) is 0. The van der Waals surface area contributed by atoms with Gasteiger partial charge >= 0.3 is 0 Å². The van der Waals surface area contributed by atoms with Crippen LogP contribution in [0.15, 0.2) is 18.2 Å². The van der Waals surface area contributed by atoms with Crippen molar-refractivity contribution in [2.45, 2.75) is 5.67 Å². The molecular weight excluding hydrogens is 179 g/mol. The average molecular weight is 187 g/mol. The van der Waals surface area contributed by atoms with Gasteiger partial charge in [-0.3, -0.25) is 0 Å². The Morgan fingerprint density at radius 1 is 1.23 bits per heavy atom. The Kier molecular flexibility index (Phi) is 1.80. The van der Waals surface area contributed by atoms with Gasteiger partial charge in [-0.1, -0.05) is 0 Å². The van der Waals surface area contributed by atoms with E-state index in [0.717, 1.165) is 18.2 Å². The molecule has 0 aromatic heterocycles. The molecule has 70 valence electrons. The van der Waals surface area contributed by atoms with Gasteiger partial charge < -0.3 is 5.32 Å². The Bertz CT molecular complexity index is 334. The monoisotopic (exact) mass is 187 g/mol. The lowest BCUT2D eigenvalue weighted by atomic mass is 9.90. The molecule has 0 saturated carbocycles. The van der Waals surface area contributed by atoms with Crippen molar-refractivity contribution in [3.05, 3.63) is 35.4 Å². The molecule has 13 heavy (non-hydrogen) atoms. The zero-order valence-electron chi connectivity index (χ0n) is 6.78. The first-order valence-corrected chi connectivity index (χ1v) is 3.97. The van der Waals surface area contributed by atoms with Crippen LogP contribution in [0.4, 0.5) is 13.2 Å². The fraction of sp³-hybridized carbons (Fsp3) is 0.333. The Morgan fingerprint density at radius 2 is 1.92 bits per heavy atom. The van der Waals surface area contributed by atoms with Crippen molar-refractivity contribution in [1.29, 1.82) is 0 Å². The molecular formula is C9H8F3N. The van der Waals surface area contributed by atoms with Gasteiger partial charge in [-0.25, -0.2) is 13.2 Å². The molecule has 0 aliphatic carbocycles. The van der Waals surface area contributed by atoms with E-state index in [9.17, 15) is 13.2 Å². The van der Waals surface area contributed by atoms with Crippen LogP contribution in [0.2, 0.25) is 0 Å². The third kappa shape index (κ3) is 1.31. The van der Waals surface area contributed by atoms with Gasteiger partial charge in [-0.15, -0.1) is 0 Å². The highest BCUT2D eigenvalue weighted by Crippen LogP contribution is 2.32. The van der Waals surface area contributed by atoms with E-state index in [2.05, 4.69) is 5.32 Å². The summed E-state index contributed by atoms with van der Waals surface area (Å²) in [7, 11) is 0. The molecule has 2 rings (SSSR count). The molecule has 1 aromatic carbocycles. The summed E-state index contributed by atoms with van der Waals surface area (Å²) in [5.41, 5.74) is -1.92. The Hall–Kier alpha value is -1.03. The second-order valence-electron chi connectivity index (χ2n) is 3.19. The van der Waals surface area contributed by atoms with Crippen molar-refractivity contribution < 1.29 is 13.2 Å². The minimum Gasteiger partial charge on any atom is -0.310 e. The van der Waals surface area contributed by atoms with E-state index in [4.69, 9.17) is 0 Å². The van der Waals surface area contributed by atoms with Gasteiger partial charge in [-0.2, -0.15) is 0 Å². The summed E-state index contributed by atoms with van der Waals surface area (Å²) in [5, 5.41) is 2.68. The summed E-state index contributed by atoms with van der Waals surface area (Å²) < 4.78 is 39.3. The SMILES string of the molecule is Fc1ccc(F)c(C2(F)CNC2)c1. The van der Waals surface area contributed by atoms with E-state index in [-0.39, 0.29) is 18.7 Å². The van der Waals surface area contributed by atoms with Crippen LogP contribution < -0.4 is 5.32 Å². The predicted octanol–water partition coefficient (Wildman–Crippen LogP) is 1.73. The van der Waals surface area contributed by atoms with E-state index < -0.39 is 17.3 Å². The molecule has 0 amide bonds. The summed E-state index contributed by atoms with van der Waals surface area (Å²) in [6.45, 7) is 0.0980. The number of halogens is 3. The fourth-order valence-corrected chi connectivity index (χ4v) is 1.38. The minimum atomic E-state index is -1.73. The molecule has 0 spiro atoms. The topological polar surface area (TPSA) is 12.0 Å². The van der Waals surface area contributed by atoms with Crippen LogP contribution in [0.3, 0.4) is 0 Å². The molecule has 1 aliphatic heterocycles. The number of nitrogens with one attached hydrogen (secondary N) is 1. The molecule has 1 heterocycles. The fourth-order valence-electron chi connectivity index (χ4n) is 1.38. The molecule has 0 bridgehead atoms. The predicted molar refractivity (Wildman–Crippen MR) is 42.0 cm³/mol. The molecule has 0 atom stereocenters. The smallest absolute Gasteiger partial charge is 0.163 e. The summed E-state index contributed by atoms with van der Waals surface area (Å²) in [6, 6.07) is 2.84. The number of rotatable bonds is 1. The van der Waals surface area contributed by atoms with Gasteiger partial charge in [0.2, 0.25) is 0 Å². The lowest BCUT2D eigenvalue weighted by Gasteiger charge is -2.35. The van der Waals surface area contributed by atoms with Gasteiger partial charge in [0.05, 0.1) is 0 Å². The molecule has 1 saturated heterocycles. The zero-order valence-corrected chi connectivity index (χ0v) is 6.78. The lowest BCUT2D eigenvalue weighted by Crippen LogP contribution is -2.54. The highest BCUT2D eigenvalue weighted by atomic mass is 19.2. The van der Waals surface area contributed by atoms with Crippen LogP contribution >= 0.6 is 0 Å². The highest BCUT2D eigenvalue weighted by Gasteiger charge is 2.41. The van der Waals surface area contributed by atoms with Crippen molar-refractivity contribution in [2.75, 3.05) is 13.1 Å². The minimum absolute atomic E-state index is 0.0490. The van der Waals surface area contributed by atoms with Crippen LogP contribution in [-0.4, -0.2) is 13.1 Å². The third-order valence-electron chi connectivity index (χ3n) is 2.22. The van der Waals surface area contributed by atoms with Crippen LogP contribution in [0.25, 0.3) is 0 Å². The van der Waals surface area contributed by atoms with Gasteiger partial charge in [-0.05, 0) is 18.2 Å². The van der Waals surface area contributed by atoms with E-state index in [1.807, 2.05) is 0 Å². The van der Waals surface area contributed by atoms with E-state index >= 15 is 0 Å². The van der Waals surface area contributed by atoms with Crippen LogP contribution in [0.1, 0.15) is 5.56 Å². The number of benzene rings is 1. The van der Waals surface area contributed by atoms with Crippen LogP contribution in [-0.2, 0) is 5.67 Å². The van der Waals surface area contributed by atoms with Gasteiger partial charge in [0.15, 0.2) is 5.67 Å². The maximum atomic E-state index is 13.6. The van der Waals surface area contributed by atoms with Gasteiger partial charge in [0.1, 0.15) is 11.6 Å². The van der Waals surface area contributed by atoms with E-state index in [1.54, 1.807) is 0 Å². The molecule has 1 aliphatic rings. The Labute approximate surface area is 73.6 Å². The van der Waals surface area contributed by atoms with Crippen LogP contribution in [0.5, 0.6) is 0 Å². The standard InChI is InChI=1S/C9H8F3N/c10-6-1-2-8(11)7(3-6)9(12)4-13-5-9/h1-3,13H,4-5H2. The molecule has 1 nitrogen and oxygen atoms in total. The number of hydrogen-bond donors (Lipinski definition) is 1. The first-order chi connectivity index (χ1) is 6.12. The van der Waals surface area contributed by atoms with Crippen molar-refractivity contribution in [1.82, 2.24) is 5.32 Å². The zero-order chi connectivity index (χ0) is 9.47. The molecule has 1 N–H and O–H groups in total. The first-order valence-electron chi connectivity index (χ1n) is 3.97. The molecule has 0 radical (unpaired) electrons. The van der Waals surface area contributed by atoms with Crippen molar-refractivity contribution in [3.63, 3.8) is 0 Å². The molecule has 0 unspecified atom stereocenters. The highest BCUT2D eigenvalue weighted by molar-refractivity contribution is 5.28. The molecule has 1 aromatic rings. The summed E-state index contributed by atoms with van der Waals surface area (Å²) >= 11 is 0. The largest absolute Gasteiger partial charge is 0.310 e. The number of hydrogen-bond acceptors (Lipinski definition) is 1. The Balaban J connectivity index is 2.43. The lowest BCUT2D eigenvalue weighted by molar-refractivity contribution is 0.0843. The molecule has 1 fully saturated rings. The maximum absolute atomic E-state index is 13.6.